The fourth-order valence-corrected chi connectivity index (χ4v) is 2.68. The number of likely N-dealkylation sites (N-methyl/N-ethyl adjacent to an activating group) is 1. The Bertz CT molecular complexity index is 571. The molecule has 0 saturated heterocycles. The number of carbonyl (C=O) groups is 1. The molecule has 3 heteroatoms. The van der Waals surface area contributed by atoms with Gasteiger partial charge in [0.05, 0.1) is 6.54 Å². The first-order chi connectivity index (χ1) is 9.16. The minimum absolute atomic E-state index is 0.0247. The number of nitrogens with zero attached hydrogens (tertiary/aromatic N) is 1. The first kappa shape index (κ1) is 13.6. The van der Waals surface area contributed by atoms with Crippen LogP contribution in [0, 0.1) is 6.92 Å². The third kappa shape index (κ3) is 3.80. The number of amides is 1. The third-order valence-corrected chi connectivity index (χ3v) is 3.95. The summed E-state index contributed by atoms with van der Waals surface area (Å²) in [5.41, 5.74) is 2.29. The van der Waals surface area contributed by atoms with Gasteiger partial charge in [-0.15, -0.1) is 11.3 Å². The molecule has 0 aliphatic heterocycles. The van der Waals surface area contributed by atoms with Crippen molar-refractivity contribution in [1.82, 2.24) is 4.90 Å². The number of hydrogen-bond acceptors (Lipinski definition) is 2. The minimum atomic E-state index is 0.0247. The van der Waals surface area contributed by atoms with Gasteiger partial charge in [-0.25, -0.2) is 0 Å². The van der Waals surface area contributed by atoms with Gasteiger partial charge in [0.2, 0.25) is 5.91 Å². The Hall–Kier alpha value is -1.87. The number of benzene rings is 1. The Morgan fingerprint density at radius 1 is 1.26 bits per heavy atom. The number of aryl methyl sites for hydroxylation is 1. The Morgan fingerprint density at radius 2 is 2.00 bits per heavy atom. The third-order valence-electron chi connectivity index (χ3n) is 2.94. The van der Waals surface area contributed by atoms with Crippen LogP contribution < -0.4 is 0 Å². The van der Waals surface area contributed by atoms with Crippen molar-refractivity contribution in [1.29, 1.82) is 0 Å². The molecule has 0 aliphatic carbocycles. The second-order valence-corrected chi connectivity index (χ2v) is 5.47. The van der Waals surface area contributed by atoms with Crippen molar-refractivity contribution in [3.05, 3.63) is 63.9 Å². The SMILES string of the molecule is Cc1ccsc1CN(C)C(=O)C=Cc1ccccc1. The molecule has 0 aliphatic rings. The molecule has 2 rings (SSSR count). The van der Waals surface area contributed by atoms with E-state index in [1.54, 1.807) is 22.3 Å². The van der Waals surface area contributed by atoms with Crippen LogP contribution in [0.25, 0.3) is 6.08 Å². The maximum absolute atomic E-state index is 12.0. The van der Waals surface area contributed by atoms with E-state index < -0.39 is 0 Å². The van der Waals surface area contributed by atoms with Crippen LogP contribution in [-0.2, 0) is 11.3 Å². The van der Waals surface area contributed by atoms with Gasteiger partial charge in [0.15, 0.2) is 0 Å². The molecule has 0 spiro atoms. The lowest BCUT2D eigenvalue weighted by Gasteiger charge is -2.14. The molecule has 0 N–H and O–H groups in total. The summed E-state index contributed by atoms with van der Waals surface area (Å²) in [5, 5.41) is 2.06. The maximum Gasteiger partial charge on any atom is 0.246 e. The summed E-state index contributed by atoms with van der Waals surface area (Å²) < 4.78 is 0. The Kier molecular flexibility index (Phi) is 4.53. The van der Waals surface area contributed by atoms with Crippen molar-refractivity contribution < 1.29 is 4.79 Å². The topological polar surface area (TPSA) is 20.3 Å². The molecular weight excluding hydrogens is 254 g/mol. The van der Waals surface area contributed by atoms with Crippen LogP contribution >= 0.6 is 11.3 Å². The van der Waals surface area contributed by atoms with Crippen molar-refractivity contribution in [3.8, 4) is 0 Å². The van der Waals surface area contributed by atoms with E-state index in [2.05, 4.69) is 18.4 Å². The fraction of sp³-hybridized carbons (Fsp3) is 0.188. The van der Waals surface area contributed by atoms with Crippen LogP contribution in [0.2, 0.25) is 0 Å². The molecule has 98 valence electrons. The minimum Gasteiger partial charge on any atom is -0.337 e. The normalized spacial score (nSPS) is 10.8. The first-order valence-electron chi connectivity index (χ1n) is 6.18. The van der Waals surface area contributed by atoms with Crippen molar-refractivity contribution in [2.24, 2.45) is 0 Å². The van der Waals surface area contributed by atoms with Gasteiger partial charge in [0.25, 0.3) is 0 Å². The zero-order valence-electron chi connectivity index (χ0n) is 11.2. The van der Waals surface area contributed by atoms with Gasteiger partial charge in [-0.1, -0.05) is 30.3 Å². The van der Waals surface area contributed by atoms with E-state index in [-0.39, 0.29) is 5.91 Å². The van der Waals surface area contributed by atoms with E-state index in [4.69, 9.17) is 0 Å². The second kappa shape index (κ2) is 6.34. The average molecular weight is 271 g/mol. The van der Waals surface area contributed by atoms with Crippen LogP contribution in [-0.4, -0.2) is 17.9 Å². The summed E-state index contributed by atoms with van der Waals surface area (Å²) in [6, 6.07) is 11.9. The van der Waals surface area contributed by atoms with Gasteiger partial charge in [-0.05, 0) is 35.6 Å². The Morgan fingerprint density at radius 3 is 2.63 bits per heavy atom. The van der Waals surface area contributed by atoms with Gasteiger partial charge in [-0.3, -0.25) is 4.79 Å². The Balaban J connectivity index is 1.96. The number of carbonyl (C=O) groups excluding carboxylic acids is 1. The fourth-order valence-electron chi connectivity index (χ4n) is 1.72. The molecule has 0 atom stereocenters. The van der Waals surface area contributed by atoms with Crippen LogP contribution in [0.3, 0.4) is 0 Å². The Labute approximate surface area is 118 Å². The van der Waals surface area contributed by atoms with Crippen molar-refractivity contribution in [2.45, 2.75) is 13.5 Å². The van der Waals surface area contributed by atoms with Crippen molar-refractivity contribution >= 4 is 23.3 Å². The predicted octanol–water partition coefficient (Wildman–Crippen LogP) is 3.73. The molecule has 2 aromatic rings. The van der Waals surface area contributed by atoms with Crippen LogP contribution in [0.1, 0.15) is 16.0 Å². The van der Waals surface area contributed by atoms with Gasteiger partial charge >= 0.3 is 0 Å². The summed E-state index contributed by atoms with van der Waals surface area (Å²) in [6.07, 6.45) is 3.47. The summed E-state index contributed by atoms with van der Waals surface area (Å²) in [7, 11) is 1.83. The van der Waals surface area contributed by atoms with E-state index in [9.17, 15) is 4.79 Å². The average Bonchev–Trinajstić information content (AvgIpc) is 2.82. The lowest BCUT2D eigenvalue weighted by Crippen LogP contribution is -2.23. The molecule has 1 heterocycles. The van der Waals surface area contributed by atoms with E-state index in [1.807, 2.05) is 43.5 Å². The van der Waals surface area contributed by atoms with E-state index >= 15 is 0 Å². The molecule has 1 aromatic heterocycles. The van der Waals surface area contributed by atoms with Crippen LogP contribution in [0.5, 0.6) is 0 Å². The molecule has 0 fully saturated rings. The van der Waals surface area contributed by atoms with Gasteiger partial charge in [0.1, 0.15) is 0 Å². The molecule has 0 radical (unpaired) electrons. The van der Waals surface area contributed by atoms with E-state index in [0.717, 1.165) is 5.56 Å². The summed E-state index contributed by atoms with van der Waals surface area (Å²) in [6.45, 7) is 2.74. The molecule has 1 aromatic carbocycles. The number of rotatable bonds is 4. The second-order valence-electron chi connectivity index (χ2n) is 4.47. The standard InChI is InChI=1S/C16H17NOS/c1-13-10-11-19-15(13)12-17(2)16(18)9-8-14-6-4-3-5-7-14/h3-11H,12H2,1-2H3. The predicted molar refractivity (Wildman–Crippen MR) is 81.0 cm³/mol. The molecule has 19 heavy (non-hydrogen) atoms. The van der Waals surface area contributed by atoms with Crippen molar-refractivity contribution in [3.63, 3.8) is 0 Å². The van der Waals surface area contributed by atoms with Crippen LogP contribution in [0.15, 0.2) is 47.9 Å². The van der Waals surface area contributed by atoms with Crippen molar-refractivity contribution in [2.75, 3.05) is 7.05 Å². The maximum atomic E-state index is 12.0. The number of thiophene rings is 1. The molecule has 0 bridgehead atoms. The van der Waals surface area contributed by atoms with E-state index in [0.29, 0.717) is 6.54 Å². The highest BCUT2D eigenvalue weighted by Gasteiger charge is 2.08. The van der Waals surface area contributed by atoms with Gasteiger partial charge < -0.3 is 4.90 Å². The zero-order chi connectivity index (χ0) is 13.7. The van der Waals surface area contributed by atoms with Gasteiger partial charge in [0, 0.05) is 18.0 Å². The quantitative estimate of drug-likeness (QED) is 0.776. The summed E-state index contributed by atoms with van der Waals surface area (Å²) >= 11 is 1.69. The largest absolute Gasteiger partial charge is 0.337 e. The highest BCUT2D eigenvalue weighted by atomic mass is 32.1. The molecule has 0 unspecified atom stereocenters. The van der Waals surface area contributed by atoms with Gasteiger partial charge in [-0.2, -0.15) is 0 Å². The lowest BCUT2D eigenvalue weighted by atomic mass is 10.2. The van der Waals surface area contributed by atoms with E-state index in [1.165, 1.54) is 10.4 Å². The summed E-state index contributed by atoms with van der Waals surface area (Å²) in [4.78, 5) is 15.0. The van der Waals surface area contributed by atoms with Crippen LogP contribution in [0.4, 0.5) is 0 Å². The first-order valence-corrected chi connectivity index (χ1v) is 7.06. The summed E-state index contributed by atoms with van der Waals surface area (Å²) in [5.74, 6) is 0.0247. The lowest BCUT2D eigenvalue weighted by molar-refractivity contribution is -0.125. The number of hydrogen-bond donors (Lipinski definition) is 0. The molecular formula is C16H17NOS. The molecule has 1 amide bonds. The highest BCUT2D eigenvalue weighted by Crippen LogP contribution is 2.17. The zero-order valence-corrected chi connectivity index (χ0v) is 12.0. The molecule has 2 nitrogen and oxygen atoms in total. The monoisotopic (exact) mass is 271 g/mol. The smallest absolute Gasteiger partial charge is 0.246 e. The molecule has 0 saturated carbocycles. The highest BCUT2D eigenvalue weighted by molar-refractivity contribution is 7.10.